The van der Waals surface area contributed by atoms with E-state index in [1.807, 2.05) is 4.68 Å². The van der Waals surface area contributed by atoms with Crippen LogP contribution in [0.1, 0.15) is 50.4 Å². The van der Waals surface area contributed by atoms with Gasteiger partial charge in [0.2, 0.25) is 0 Å². The van der Waals surface area contributed by atoms with Crippen molar-refractivity contribution in [2.45, 2.75) is 51.1 Å². The molecule has 0 atom stereocenters. The summed E-state index contributed by atoms with van der Waals surface area (Å²) >= 11 is 0. The number of rotatable bonds is 2. The van der Waals surface area contributed by atoms with Gasteiger partial charge in [-0.05, 0) is 12.8 Å². The highest BCUT2D eigenvalue weighted by Gasteiger charge is 2.16. The van der Waals surface area contributed by atoms with Gasteiger partial charge in [0.05, 0.1) is 12.6 Å². The molecule has 0 spiro atoms. The third-order valence-corrected chi connectivity index (χ3v) is 3.00. The Morgan fingerprint density at radius 1 is 1.29 bits per heavy atom. The second kappa shape index (κ2) is 4.55. The molecular weight excluding hydrogens is 176 g/mol. The summed E-state index contributed by atoms with van der Waals surface area (Å²) in [6.45, 7) is 0.497. The van der Waals surface area contributed by atoms with E-state index in [0.29, 0.717) is 12.6 Å². The summed E-state index contributed by atoms with van der Waals surface area (Å²) in [5, 5.41) is 4.28. The van der Waals surface area contributed by atoms with Crippen LogP contribution in [-0.4, -0.2) is 14.8 Å². The Morgan fingerprint density at radius 2 is 2.00 bits per heavy atom. The molecule has 0 aliphatic heterocycles. The molecule has 0 bridgehead atoms. The van der Waals surface area contributed by atoms with Gasteiger partial charge in [-0.25, -0.2) is 9.67 Å². The van der Waals surface area contributed by atoms with Crippen molar-refractivity contribution in [1.29, 1.82) is 0 Å². The number of nitrogens with two attached hydrogens (primary N) is 1. The first kappa shape index (κ1) is 9.65. The smallest absolute Gasteiger partial charge is 0.140 e. The molecule has 14 heavy (non-hydrogen) atoms. The fraction of sp³-hybridized carbons (Fsp3) is 0.800. The highest BCUT2D eigenvalue weighted by Crippen LogP contribution is 2.26. The van der Waals surface area contributed by atoms with Crippen molar-refractivity contribution in [3.05, 3.63) is 12.2 Å². The predicted molar refractivity (Wildman–Crippen MR) is 54.7 cm³/mol. The van der Waals surface area contributed by atoms with E-state index in [1.54, 1.807) is 6.33 Å². The van der Waals surface area contributed by atoms with Gasteiger partial charge in [-0.15, -0.1) is 0 Å². The van der Waals surface area contributed by atoms with Gasteiger partial charge in [0.15, 0.2) is 0 Å². The van der Waals surface area contributed by atoms with Crippen LogP contribution < -0.4 is 5.73 Å². The van der Waals surface area contributed by atoms with E-state index in [2.05, 4.69) is 10.1 Å². The molecule has 2 rings (SSSR count). The van der Waals surface area contributed by atoms with Crippen molar-refractivity contribution < 1.29 is 0 Å². The van der Waals surface area contributed by atoms with Crippen LogP contribution in [0, 0.1) is 0 Å². The number of hydrogen-bond donors (Lipinski definition) is 1. The lowest BCUT2D eigenvalue weighted by atomic mass is 10.1. The molecule has 1 saturated carbocycles. The predicted octanol–water partition coefficient (Wildman–Crippen LogP) is 1.63. The van der Waals surface area contributed by atoms with Crippen molar-refractivity contribution in [2.24, 2.45) is 5.73 Å². The minimum Gasteiger partial charge on any atom is -0.324 e. The minimum absolute atomic E-state index is 0.497. The van der Waals surface area contributed by atoms with Crippen LogP contribution >= 0.6 is 0 Å². The second-order valence-corrected chi connectivity index (χ2v) is 3.97. The van der Waals surface area contributed by atoms with Crippen LogP contribution in [0.3, 0.4) is 0 Å². The first-order valence-electron chi connectivity index (χ1n) is 5.50. The van der Waals surface area contributed by atoms with Crippen molar-refractivity contribution in [1.82, 2.24) is 14.8 Å². The maximum absolute atomic E-state index is 5.62. The molecule has 1 aromatic rings. The summed E-state index contributed by atoms with van der Waals surface area (Å²) in [4.78, 5) is 4.17. The first-order valence-corrected chi connectivity index (χ1v) is 5.50. The Hall–Kier alpha value is -0.900. The van der Waals surface area contributed by atoms with E-state index < -0.39 is 0 Å². The van der Waals surface area contributed by atoms with Gasteiger partial charge in [-0.1, -0.05) is 25.7 Å². The zero-order valence-electron chi connectivity index (χ0n) is 8.52. The normalized spacial score (nSPS) is 19.5. The third kappa shape index (κ3) is 1.95. The second-order valence-electron chi connectivity index (χ2n) is 3.97. The van der Waals surface area contributed by atoms with Crippen molar-refractivity contribution >= 4 is 0 Å². The van der Waals surface area contributed by atoms with Gasteiger partial charge in [0, 0.05) is 0 Å². The molecule has 1 aliphatic carbocycles. The topological polar surface area (TPSA) is 56.7 Å². The summed E-state index contributed by atoms with van der Waals surface area (Å²) in [5.41, 5.74) is 5.62. The molecule has 1 aliphatic rings. The maximum Gasteiger partial charge on any atom is 0.140 e. The summed E-state index contributed by atoms with van der Waals surface area (Å²) in [7, 11) is 0. The average molecular weight is 194 g/mol. The van der Waals surface area contributed by atoms with Crippen molar-refractivity contribution in [3.8, 4) is 0 Å². The number of nitrogens with zero attached hydrogens (tertiary/aromatic N) is 3. The Kier molecular flexibility index (Phi) is 3.14. The molecule has 1 fully saturated rings. The fourth-order valence-electron chi connectivity index (χ4n) is 2.23. The molecule has 0 aromatic carbocycles. The van der Waals surface area contributed by atoms with Gasteiger partial charge in [-0.2, -0.15) is 5.10 Å². The molecule has 4 nitrogen and oxygen atoms in total. The van der Waals surface area contributed by atoms with Crippen LogP contribution in [0.5, 0.6) is 0 Å². The Balaban J connectivity index is 2.11. The van der Waals surface area contributed by atoms with Crippen LogP contribution in [0.2, 0.25) is 0 Å². The zero-order valence-corrected chi connectivity index (χ0v) is 8.52. The quantitative estimate of drug-likeness (QED) is 0.728. The molecule has 0 radical (unpaired) electrons. The first-order chi connectivity index (χ1) is 6.92. The monoisotopic (exact) mass is 194 g/mol. The van der Waals surface area contributed by atoms with E-state index >= 15 is 0 Å². The fourth-order valence-corrected chi connectivity index (χ4v) is 2.23. The largest absolute Gasteiger partial charge is 0.324 e. The summed E-state index contributed by atoms with van der Waals surface area (Å²) in [6, 6.07) is 0.540. The van der Waals surface area contributed by atoms with Gasteiger partial charge >= 0.3 is 0 Å². The lowest BCUT2D eigenvalue weighted by Gasteiger charge is -2.15. The van der Waals surface area contributed by atoms with Gasteiger partial charge in [0.25, 0.3) is 0 Å². The van der Waals surface area contributed by atoms with Gasteiger partial charge in [0.1, 0.15) is 12.2 Å². The van der Waals surface area contributed by atoms with Crippen LogP contribution in [0.4, 0.5) is 0 Å². The zero-order chi connectivity index (χ0) is 9.80. The average Bonchev–Trinajstić information content (AvgIpc) is 2.52. The summed E-state index contributed by atoms with van der Waals surface area (Å²) in [6.07, 6.45) is 9.44. The number of aromatic nitrogens is 3. The standard InChI is InChI=1S/C10H18N4/c11-7-10-12-8-13-14(10)9-5-3-1-2-4-6-9/h8-9H,1-7,11H2. The van der Waals surface area contributed by atoms with Crippen LogP contribution in [0.15, 0.2) is 6.33 Å². The molecular formula is C10H18N4. The molecule has 4 heteroatoms. The van der Waals surface area contributed by atoms with E-state index in [0.717, 1.165) is 5.82 Å². The Morgan fingerprint density at radius 3 is 2.64 bits per heavy atom. The Labute approximate surface area is 84.5 Å². The molecule has 1 heterocycles. The van der Waals surface area contributed by atoms with E-state index in [1.165, 1.54) is 38.5 Å². The van der Waals surface area contributed by atoms with Gasteiger partial charge < -0.3 is 5.73 Å². The lowest BCUT2D eigenvalue weighted by molar-refractivity contribution is 0.391. The lowest BCUT2D eigenvalue weighted by Crippen LogP contribution is -2.15. The SMILES string of the molecule is NCc1ncnn1C1CCCCCC1. The van der Waals surface area contributed by atoms with Gasteiger partial charge in [-0.3, -0.25) is 0 Å². The third-order valence-electron chi connectivity index (χ3n) is 3.00. The highest BCUT2D eigenvalue weighted by molar-refractivity contribution is 4.87. The summed E-state index contributed by atoms with van der Waals surface area (Å²) < 4.78 is 2.03. The Bertz CT molecular complexity index is 273. The molecule has 78 valence electrons. The van der Waals surface area contributed by atoms with Crippen molar-refractivity contribution in [3.63, 3.8) is 0 Å². The van der Waals surface area contributed by atoms with Crippen molar-refractivity contribution in [2.75, 3.05) is 0 Å². The van der Waals surface area contributed by atoms with E-state index in [-0.39, 0.29) is 0 Å². The maximum atomic E-state index is 5.62. The minimum atomic E-state index is 0.497. The van der Waals surface area contributed by atoms with Crippen LogP contribution in [-0.2, 0) is 6.54 Å². The molecule has 0 amide bonds. The van der Waals surface area contributed by atoms with Crippen LogP contribution in [0.25, 0.3) is 0 Å². The molecule has 2 N–H and O–H groups in total. The highest BCUT2D eigenvalue weighted by atomic mass is 15.4. The van der Waals surface area contributed by atoms with E-state index in [9.17, 15) is 0 Å². The molecule has 0 unspecified atom stereocenters. The summed E-state index contributed by atoms with van der Waals surface area (Å²) in [5.74, 6) is 0.928. The number of hydrogen-bond acceptors (Lipinski definition) is 3. The molecule has 1 aromatic heterocycles. The van der Waals surface area contributed by atoms with E-state index in [4.69, 9.17) is 5.73 Å². The molecule has 0 saturated heterocycles.